The molecule has 0 saturated heterocycles. The molecule has 3 N–H and O–H groups in total. The van der Waals surface area contributed by atoms with E-state index < -0.39 is 10.0 Å². The van der Waals surface area contributed by atoms with Gasteiger partial charge in [-0.1, -0.05) is 6.08 Å². The van der Waals surface area contributed by atoms with Gasteiger partial charge in [-0.25, -0.2) is 13.6 Å². The van der Waals surface area contributed by atoms with E-state index in [0.29, 0.717) is 6.54 Å². The fourth-order valence-corrected chi connectivity index (χ4v) is 3.45. The van der Waals surface area contributed by atoms with Crippen LogP contribution < -0.4 is 10.5 Å². The smallest absolute Gasteiger partial charge is 0.247 e. The number of nitrogens with two attached hydrogens (primary N) is 1. The molecule has 21 heavy (non-hydrogen) atoms. The number of nitrogens with one attached hydrogen (secondary N) is 1. The lowest BCUT2D eigenvalue weighted by atomic mass is 10.3. The molecule has 0 bridgehead atoms. The van der Waals surface area contributed by atoms with Crippen molar-refractivity contribution in [2.45, 2.75) is 23.6 Å². The Morgan fingerprint density at radius 1 is 1.57 bits per heavy atom. The van der Waals surface area contributed by atoms with Crippen LogP contribution in [0.4, 0.5) is 0 Å². The summed E-state index contributed by atoms with van der Waals surface area (Å²) in [5.74, 6) is 0.768. The molecule has 0 spiro atoms. The molecule has 0 aliphatic rings. The molecule has 1 rings (SSSR count). The van der Waals surface area contributed by atoms with Crippen LogP contribution in [-0.4, -0.2) is 39.9 Å². The topological polar surface area (TPSA) is 87.8 Å². The van der Waals surface area contributed by atoms with Gasteiger partial charge in [-0.15, -0.1) is 17.9 Å². The molecule has 0 amide bonds. The molecule has 0 aliphatic heterocycles. The van der Waals surface area contributed by atoms with E-state index in [2.05, 4.69) is 16.9 Å². The molecule has 6 nitrogen and oxygen atoms in total. The maximum absolute atomic E-state index is 11.2. The molecule has 0 atom stereocenters. The molecular weight excluding hydrogens is 308 g/mol. The van der Waals surface area contributed by atoms with Gasteiger partial charge in [0.05, 0.1) is 6.54 Å². The van der Waals surface area contributed by atoms with Gasteiger partial charge >= 0.3 is 0 Å². The Labute approximate surface area is 130 Å². The third-order valence-electron chi connectivity index (χ3n) is 2.81. The summed E-state index contributed by atoms with van der Waals surface area (Å²) < 4.78 is 22.6. The zero-order chi connectivity index (χ0) is 15.9. The summed E-state index contributed by atoms with van der Waals surface area (Å²) in [5.41, 5.74) is 0. The summed E-state index contributed by atoms with van der Waals surface area (Å²) in [7, 11) is 0.0630. The maximum atomic E-state index is 11.2. The molecule has 1 aromatic heterocycles. The monoisotopic (exact) mass is 330 g/mol. The van der Waals surface area contributed by atoms with Crippen molar-refractivity contribution in [3.63, 3.8) is 0 Å². The summed E-state index contributed by atoms with van der Waals surface area (Å²) in [4.78, 5) is 7.12. The quantitative estimate of drug-likeness (QED) is 0.342. The van der Waals surface area contributed by atoms with Gasteiger partial charge in [-0.3, -0.25) is 4.99 Å². The molecule has 1 heterocycles. The highest BCUT2D eigenvalue weighted by atomic mass is 32.2. The molecular formula is C13H22N4O2S2. The molecule has 0 radical (unpaired) electrons. The van der Waals surface area contributed by atoms with Crippen molar-refractivity contribution < 1.29 is 8.42 Å². The zero-order valence-corrected chi connectivity index (χ0v) is 14.0. The van der Waals surface area contributed by atoms with Crippen LogP contribution in [0.3, 0.4) is 0 Å². The van der Waals surface area contributed by atoms with Gasteiger partial charge < -0.3 is 10.2 Å². The minimum Gasteiger partial charge on any atom is -0.351 e. The van der Waals surface area contributed by atoms with E-state index in [-0.39, 0.29) is 4.21 Å². The molecule has 8 heteroatoms. The van der Waals surface area contributed by atoms with Crippen molar-refractivity contribution in [3.05, 3.63) is 29.7 Å². The summed E-state index contributed by atoms with van der Waals surface area (Å²) in [6.45, 7) is 5.08. The SMILES string of the molecule is C=CCCCN(C)C(=NC)NCc1ccc(S(N)(=O)=O)s1. The number of sulfonamides is 1. The van der Waals surface area contributed by atoms with Crippen LogP contribution in [0, 0.1) is 0 Å². The summed E-state index contributed by atoms with van der Waals surface area (Å²) in [5, 5.41) is 8.29. The predicted octanol–water partition coefficient (Wildman–Crippen LogP) is 1.37. The van der Waals surface area contributed by atoms with Crippen molar-refractivity contribution in [2.75, 3.05) is 20.6 Å². The van der Waals surface area contributed by atoms with Crippen molar-refractivity contribution in [1.29, 1.82) is 0 Å². The summed E-state index contributed by atoms with van der Waals surface area (Å²) in [6.07, 6.45) is 3.86. The molecule has 0 aliphatic carbocycles. The number of guanidine groups is 1. The minimum atomic E-state index is -3.62. The highest BCUT2D eigenvalue weighted by Crippen LogP contribution is 2.19. The lowest BCUT2D eigenvalue weighted by Crippen LogP contribution is -2.38. The first kappa shape index (κ1) is 17.7. The fourth-order valence-electron chi connectivity index (χ4n) is 1.74. The lowest BCUT2D eigenvalue weighted by molar-refractivity contribution is 0.470. The normalized spacial score (nSPS) is 12.2. The molecule has 0 saturated carbocycles. The molecule has 0 fully saturated rings. The average molecular weight is 330 g/mol. The van der Waals surface area contributed by atoms with E-state index in [1.165, 1.54) is 6.07 Å². The highest BCUT2D eigenvalue weighted by molar-refractivity contribution is 7.91. The van der Waals surface area contributed by atoms with E-state index in [1.807, 2.05) is 18.0 Å². The highest BCUT2D eigenvalue weighted by Gasteiger charge is 2.12. The lowest BCUT2D eigenvalue weighted by Gasteiger charge is -2.21. The number of rotatable bonds is 7. The van der Waals surface area contributed by atoms with Crippen LogP contribution >= 0.6 is 11.3 Å². The molecule has 0 unspecified atom stereocenters. The second-order valence-electron chi connectivity index (χ2n) is 4.52. The van der Waals surface area contributed by atoms with Crippen LogP contribution in [0.2, 0.25) is 0 Å². The molecule has 0 aromatic carbocycles. The third kappa shape index (κ3) is 5.86. The minimum absolute atomic E-state index is 0.175. The average Bonchev–Trinajstić information content (AvgIpc) is 2.88. The van der Waals surface area contributed by atoms with Crippen molar-refractivity contribution in [1.82, 2.24) is 10.2 Å². The Morgan fingerprint density at radius 3 is 2.81 bits per heavy atom. The third-order valence-corrected chi connectivity index (χ3v) is 5.34. The zero-order valence-electron chi connectivity index (χ0n) is 12.4. The predicted molar refractivity (Wildman–Crippen MR) is 88.0 cm³/mol. The van der Waals surface area contributed by atoms with Crippen LogP contribution in [-0.2, 0) is 16.6 Å². The van der Waals surface area contributed by atoms with Crippen LogP contribution in [0.1, 0.15) is 17.7 Å². The second-order valence-corrected chi connectivity index (χ2v) is 7.48. The van der Waals surface area contributed by atoms with Gasteiger partial charge in [0.2, 0.25) is 10.0 Å². The van der Waals surface area contributed by atoms with E-state index in [1.54, 1.807) is 13.1 Å². The summed E-state index contributed by atoms with van der Waals surface area (Å²) in [6, 6.07) is 3.27. The van der Waals surface area contributed by atoms with Gasteiger partial charge in [0.25, 0.3) is 0 Å². The maximum Gasteiger partial charge on any atom is 0.247 e. The van der Waals surface area contributed by atoms with Crippen LogP contribution in [0.15, 0.2) is 34.0 Å². The number of allylic oxidation sites excluding steroid dienone is 1. The molecule has 1 aromatic rings. The van der Waals surface area contributed by atoms with E-state index >= 15 is 0 Å². The Kier molecular flexibility index (Phi) is 6.86. The second kappa shape index (κ2) is 8.16. The number of unbranched alkanes of at least 4 members (excludes halogenated alkanes) is 1. The van der Waals surface area contributed by atoms with Crippen LogP contribution in [0.5, 0.6) is 0 Å². The van der Waals surface area contributed by atoms with E-state index in [4.69, 9.17) is 5.14 Å². The Balaban J connectivity index is 2.56. The number of hydrogen-bond acceptors (Lipinski definition) is 4. The van der Waals surface area contributed by atoms with Crippen molar-refractivity contribution in [3.8, 4) is 0 Å². The fraction of sp³-hybridized carbons (Fsp3) is 0.462. The number of thiophene rings is 1. The Bertz CT molecular complexity index is 593. The summed E-state index contributed by atoms with van der Waals surface area (Å²) >= 11 is 1.16. The van der Waals surface area contributed by atoms with Gasteiger partial charge in [0.15, 0.2) is 5.96 Å². The van der Waals surface area contributed by atoms with Crippen molar-refractivity contribution >= 4 is 27.3 Å². The van der Waals surface area contributed by atoms with Gasteiger partial charge in [-0.2, -0.15) is 0 Å². The van der Waals surface area contributed by atoms with E-state index in [9.17, 15) is 8.42 Å². The number of primary sulfonamides is 1. The Morgan fingerprint density at radius 2 is 2.29 bits per heavy atom. The first-order chi connectivity index (χ1) is 9.88. The Hall–Kier alpha value is -1.38. The number of aliphatic imine (C=N–C) groups is 1. The number of nitrogens with zero attached hydrogens (tertiary/aromatic N) is 2. The van der Waals surface area contributed by atoms with Crippen LogP contribution in [0.25, 0.3) is 0 Å². The largest absolute Gasteiger partial charge is 0.351 e. The van der Waals surface area contributed by atoms with Gasteiger partial charge in [0.1, 0.15) is 4.21 Å². The first-order valence-corrected chi connectivity index (χ1v) is 8.89. The standard InChI is InChI=1S/C13H22N4O2S2/c1-4-5-6-9-17(3)13(15-2)16-10-11-7-8-12(20-11)21(14,18)19/h4,7-8H,1,5-6,9-10H2,2-3H3,(H,15,16)(H2,14,18,19). The first-order valence-electron chi connectivity index (χ1n) is 6.52. The molecule has 118 valence electrons. The van der Waals surface area contributed by atoms with Crippen molar-refractivity contribution in [2.24, 2.45) is 10.1 Å². The van der Waals surface area contributed by atoms with Gasteiger partial charge in [0, 0.05) is 25.5 Å². The number of hydrogen-bond donors (Lipinski definition) is 2. The van der Waals surface area contributed by atoms with E-state index in [0.717, 1.165) is 41.6 Å². The van der Waals surface area contributed by atoms with Gasteiger partial charge in [-0.05, 0) is 25.0 Å².